The van der Waals surface area contributed by atoms with Crippen molar-refractivity contribution >= 4 is 76.2 Å². The monoisotopic (exact) mass is 442 g/mol. The van der Waals surface area contributed by atoms with Gasteiger partial charge in [0.15, 0.2) is 0 Å². The summed E-state index contributed by atoms with van der Waals surface area (Å²) < 4.78 is 2.78. The smallest absolute Gasteiger partial charge is 0.214 e. The maximum absolute atomic E-state index is 12.2. The third-order valence-electron chi connectivity index (χ3n) is 1.98. The van der Waals surface area contributed by atoms with Gasteiger partial charge in [-0.3, -0.25) is 4.79 Å². The normalized spacial score (nSPS) is 10.8. The van der Waals surface area contributed by atoms with Crippen molar-refractivity contribution in [2.24, 2.45) is 0 Å². The van der Waals surface area contributed by atoms with E-state index in [1.807, 2.05) is 18.4 Å². The molecule has 0 aliphatic carbocycles. The molecule has 0 bridgehead atoms. The van der Waals surface area contributed by atoms with Crippen molar-refractivity contribution in [1.29, 1.82) is 0 Å². The zero-order chi connectivity index (χ0) is 11.9. The predicted molar refractivity (Wildman–Crippen MR) is 79.9 cm³/mol. The van der Waals surface area contributed by atoms with Crippen molar-refractivity contribution < 1.29 is 4.79 Å². The summed E-state index contributed by atoms with van der Waals surface area (Å²) in [6, 6.07) is 1.91. The number of aryl methyl sites for hydroxylation is 1. The Labute approximate surface area is 126 Å². The number of carbonyl (C=O) groups excluding carboxylic acids is 1. The number of rotatable bonds is 2. The van der Waals surface area contributed by atoms with Crippen LogP contribution in [0.4, 0.5) is 0 Å². The van der Waals surface area contributed by atoms with E-state index in [0.29, 0.717) is 0 Å². The first-order valence-corrected chi connectivity index (χ1v) is 8.31. The fourth-order valence-electron chi connectivity index (χ4n) is 1.16. The van der Waals surface area contributed by atoms with E-state index in [1.165, 1.54) is 22.7 Å². The highest BCUT2D eigenvalue weighted by atomic mass is 79.9. The number of ketones is 1. The summed E-state index contributed by atoms with van der Waals surface area (Å²) in [6.45, 7) is 1.98. The second-order valence-corrected chi connectivity index (χ2v) is 8.02. The molecule has 1 nitrogen and oxygen atoms in total. The Morgan fingerprint density at radius 3 is 2.44 bits per heavy atom. The highest BCUT2D eigenvalue weighted by molar-refractivity contribution is 9.13. The van der Waals surface area contributed by atoms with Crippen LogP contribution in [-0.2, 0) is 0 Å². The SMILES string of the molecule is Cc1cc(C(=O)c2scc(Br)c2Br)sc1Br. The van der Waals surface area contributed by atoms with Crippen LogP contribution < -0.4 is 0 Å². The third kappa shape index (κ3) is 2.36. The lowest BCUT2D eigenvalue weighted by molar-refractivity contribution is 0.104. The van der Waals surface area contributed by atoms with Crippen molar-refractivity contribution in [3.63, 3.8) is 0 Å². The van der Waals surface area contributed by atoms with Crippen molar-refractivity contribution in [1.82, 2.24) is 0 Å². The van der Waals surface area contributed by atoms with Gasteiger partial charge >= 0.3 is 0 Å². The molecule has 0 aliphatic rings. The molecule has 2 rings (SSSR count). The predicted octanol–water partition coefficient (Wildman–Crippen LogP) is 5.64. The van der Waals surface area contributed by atoms with Gasteiger partial charge in [0.05, 0.1) is 18.0 Å². The van der Waals surface area contributed by atoms with Crippen LogP contribution in [0, 0.1) is 6.92 Å². The van der Waals surface area contributed by atoms with E-state index in [0.717, 1.165) is 28.0 Å². The second kappa shape index (κ2) is 5.02. The first kappa shape index (κ1) is 13.0. The Kier molecular flexibility index (Phi) is 4.06. The van der Waals surface area contributed by atoms with Gasteiger partial charge in [0.1, 0.15) is 0 Å². The molecule has 6 heteroatoms. The summed E-state index contributed by atoms with van der Waals surface area (Å²) in [5, 5.41) is 1.91. The van der Waals surface area contributed by atoms with E-state index in [2.05, 4.69) is 47.8 Å². The van der Waals surface area contributed by atoms with Gasteiger partial charge in [-0.2, -0.15) is 0 Å². The van der Waals surface area contributed by atoms with Gasteiger partial charge in [-0.05, 0) is 66.3 Å². The minimum Gasteiger partial charge on any atom is -0.287 e. The van der Waals surface area contributed by atoms with Gasteiger partial charge in [-0.15, -0.1) is 22.7 Å². The maximum atomic E-state index is 12.2. The number of halogens is 3. The van der Waals surface area contributed by atoms with E-state index in [4.69, 9.17) is 0 Å². The van der Waals surface area contributed by atoms with Crippen LogP contribution in [0.1, 0.15) is 20.1 Å². The Hall–Kier alpha value is 0.510. The lowest BCUT2D eigenvalue weighted by Gasteiger charge is -1.94. The average Bonchev–Trinajstić information content (AvgIpc) is 2.73. The van der Waals surface area contributed by atoms with Crippen LogP contribution in [-0.4, -0.2) is 5.78 Å². The number of carbonyl (C=O) groups is 1. The van der Waals surface area contributed by atoms with Gasteiger partial charge < -0.3 is 0 Å². The molecule has 84 valence electrons. The minimum absolute atomic E-state index is 0.0707. The van der Waals surface area contributed by atoms with Crippen molar-refractivity contribution in [3.8, 4) is 0 Å². The van der Waals surface area contributed by atoms with Crippen LogP contribution in [0.5, 0.6) is 0 Å². The van der Waals surface area contributed by atoms with E-state index in [9.17, 15) is 4.79 Å². The maximum Gasteiger partial charge on any atom is 0.214 e. The summed E-state index contributed by atoms with van der Waals surface area (Å²) in [4.78, 5) is 13.7. The van der Waals surface area contributed by atoms with Crippen LogP contribution in [0.3, 0.4) is 0 Å². The molecule has 0 fully saturated rings. The Morgan fingerprint density at radius 2 is 2.00 bits per heavy atom. The lowest BCUT2D eigenvalue weighted by atomic mass is 10.2. The molecular weight excluding hydrogens is 440 g/mol. The zero-order valence-corrected chi connectivity index (χ0v) is 14.4. The Balaban J connectivity index is 2.43. The standard InChI is InChI=1S/C10H5Br3OS2/c1-4-2-6(16-10(4)13)8(14)9-7(12)5(11)3-15-9/h2-3H,1H3. The molecule has 0 amide bonds. The molecule has 2 heterocycles. The zero-order valence-electron chi connectivity index (χ0n) is 8.01. The van der Waals surface area contributed by atoms with Crippen molar-refractivity contribution in [3.05, 3.63) is 39.5 Å². The molecular formula is C10H5Br3OS2. The van der Waals surface area contributed by atoms with Crippen LogP contribution in [0.15, 0.2) is 24.2 Å². The first-order valence-electron chi connectivity index (χ1n) is 4.24. The van der Waals surface area contributed by atoms with Gasteiger partial charge in [-0.1, -0.05) is 0 Å². The Bertz CT molecular complexity index is 537. The molecule has 0 aromatic carbocycles. The van der Waals surface area contributed by atoms with E-state index in [-0.39, 0.29) is 5.78 Å². The molecule has 2 aromatic rings. The van der Waals surface area contributed by atoms with Gasteiger partial charge in [0, 0.05) is 9.85 Å². The largest absolute Gasteiger partial charge is 0.287 e. The van der Waals surface area contributed by atoms with Gasteiger partial charge in [0.25, 0.3) is 0 Å². The average molecular weight is 445 g/mol. The van der Waals surface area contributed by atoms with E-state index in [1.54, 1.807) is 0 Å². The van der Waals surface area contributed by atoms with Gasteiger partial charge in [0.2, 0.25) is 5.78 Å². The molecule has 16 heavy (non-hydrogen) atoms. The molecule has 0 atom stereocenters. The quantitative estimate of drug-likeness (QED) is 0.548. The molecule has 0 saturated heterocycles. The topological polar surface area (TPSA) is 17.1 Å². The highest BCUT2D eigenvalue weighted by Crippen LogP contribution is 2.36. The van der Waals surface area contributed by atoms with Crippen LogP contribution in [0.2, 0.25) is 0 Å². The molecule has 0 unspecified atom stereocenters. The minimum atomic E-state index is 0.0707. The highest BCUT2D eigenvalue weighted by Gasteiger charge is 2.19. The summed E-state index contributed by atoms with van der Waals surface area (Å²) in [5.74, 6) is 0.0707. The molecule has 0 aliphatic heterocycles. The summed E-state index contributed by atoms with van der Waals surface area (Å²) >= 11 is 13.1. The lowest BCUT2D eigenvalue weighted by Crippen LogP contribution is -1.95. The molecule has 0 N–H and O–H groups in total. The molecule has 0 spiro atoms. The number of hydrogen-bond acceptors (Lipinski definition) is 3. The first-order chi connectivity index (χ1) is 7.50. The summed E-state index contributed by atoms with van der Waals surface area (Å²) in [6.07, 6.45) is 0. The Morgan fingerprint density at radius 1 is 1.31 bits per heavy atom. The molecule has 2 aromatic heterocycles. The van der Waals surface area contributed by atoms with Crippen molar-refractivity contribution in [2.75, 3.05) is 0 Å². The molecule has 0 saturated carbocycles. The van der Waals surface area contributed by atoms with Crippen molar-refractivity contribution in [2.45, 2.75) is 6.92 Å². The van der Waals surface area contributed by atoms with E-state index >= 15 is 0 Å². The van der Waals surface area contributed by atoms with Gasteiger partial charge in [-0.25, -0.2) is 0 Å². The fourth-order valence-corrected chi connectivity index (χ4v) is 4.81. The number of thiophene rings is 2. The summed E-state index contributed by atoms with van der Waals surface area (Å²) in [7, 11) is 0. The van der Waals surface area contributed by atoms with E-state index < -0.39 is 0 Å². The van der Waals surface area contributed by atoms with Crippen LogP contribution in [0.25, 0.3) is 0 Å². The second-order valence-electron chi connectivity index (χ2n) is 3.12. The molecule has 0 radical (unpaired) electrons. The summed E-state index contributed by atoms with van der Waals surface area (Å²) in [5.41, 5.74) is 1.10. The number of hydrogen-bond donors (Lipinski definition) is 0. The third-order valence-corrected chi connectivity index (χ3v) is 7.64. The van der Waals surface area contributed by atoms with Crippen LogP contribution >= 0.6 is 70.5 Å². The fraction of sp³-hybridized carbons (Fsp3) is 0.100.